The molecule has 2 aliphatic rings. The molecule has 5 amide bonds. The van der Waals surface area contributed by atoms with Gasteiger partial charge in [-0.05, 0) is 55.0 Å². The zero-order chi connectivity index (χ0) is 35.9. The number of unbranched alkanes of at least 4 members (excludes halogenated alkanes) is 1. The van der Waals surface area contributed by atoms with Crippen molar-refractivity contribution in [3.63, 3.8) is 0 Å². The number of esters is 1. The van der Waals surface area contributed by atoms with Crippen LogP contribution >= 0.6 is 0 Å². The zero-order valence-electron chi connectivity index (χ0n) is 27.9. The van der Waals surface area contributed by atoms with Crippen LogP contribution in [0.2, 0.25) is 0 Å². The quantitative estimate of drug-likeness (QED) is 0.133. The van der Waals surface area contributed by atoms with E-state index < -0.39 is 42.0 Å². The Balaban J connectivity index is 1.22. The summed E-state index contributed by atoms with van der Waals surface area (Å²) >= 11 is 0. The van der Waals surface area contributed by atoms with Gasteiger partial charge >= 0.3 is 12.1 Å². The number of carbonyl (C=O) groups is 6. The van der Waals surface area contributed by atoms with E-state index in [9.17, 15) is 28.8 Å². The van der Waals surface area contributed by atoms with Crippen molar-refractivity contribution < 1.29 is 42.7 Å². The molecule has 3 aromatic carbocycles. The molecule has 14 nitrogen and oxygen atoms in total. The van der Waals surface area contributed by atoms with Crippen LogP contribution in [0.4, 0.5) is 4.79 Å². The predicted molar refractivity (Wildman–Crippen MR) is 181 cm³/mol. The first-order valence-electron chi connectivity index (χ1n) is 16.7. The van der Waals surface area contributed by atoms with E-state index >= 15 is 0 Å². The highest BCUT2D eigenvalue weighted by molar-refractivity contribution is 6.21. The standard InChI is InChI=1S/C37H37N5O9/c1-49-36(47)27-17-18-30-41-31-23(12-9-16-29(31)51-30)20-28(40-37(48)50-21-22-10-3-2-4-11-22)33(44)38-26(32(43)39-27)15-7-8-19-42-34(45)24-13-5-6-14-25(24)35(42)46/h2-6,9-14,16,26-28H,7-8,15,17-21H2,1H3,(H,38,44)(H,39,43)(H,40,48)/t26-,27-,28-/m0/s1. The fraction of sp³-hybridized carbons (Fsp3) is 0.324. The molecular weight excluding hydrogens is 658 g/mol. The minimum atomic E-state index is -1.20. The Hall–Kier alpha value is -6.05. The number of para-hydroxylation sites is 1. The summed E-state index contributed by atoms with van der Waals surface area (Å²) in [4.78, 5) is 84.9. The molecule has 2 bridgehead atoms. The van der Waals surface area contributed by atoms with Gasteiger partial charge in [0.25, 0.3) is 11.8 Å². The smallest absolute Gasteiger partial charge is 0.408 e. The number of nitrogens with zero attached hydrogens (tertiary/aromatic N) is 2. The summed E-state index contributed by atoms with van der Waals surface area (Å²) in [6, 6.07) is 17.4. The number of hydrogen-bond donors (Lipinski definition) is 3. The van der Waals surface area contributed by atoms with Gasteiger partial charge in [0, 0.05) is 19.4 Å². The molecular formula is C37H37N5O9. The second-order valence-electron chi connectivity index (χ2n) is 12.3. The molecule has 0 saturated carbocycles. The summed E-state index contributed by atoms with van der Waals surface area (Å²) in [5, 5.41) is 8.08. The third-order valence-corrected chi connectivity index (χ3v) is 8.88. The lowest BCUT2D eigenvalue weighted by molar-refractivity contribution is -0.145. The lowest BCUT2D eigenvalue weighted by atomic mass is 10.0. The van der Waals surface area contributed by atoms with Crippen LogP contribution < -0.4 is 16.0 Å². The molecule has 3 heterocycles. The Kier molecular flexibility index (Phi) is 10.7. The maximum Gasteiger partial charge on any atom is 0.408 e. The van der Waals surface area contributed by atoms with Crippen molar-refractivity contribution in [1.29, 1.82) is 0 Å². The largest absolute Gasteiger partial charge is 0.467 e. The second kappa shape index (κ2) is 15.7. The van der Waals surface area contributed by atoms with Gasteiger partial charge in [-0.2, -0.15) is 0 Å². The van der Waals surface area contributed by atoms with Gasteiger partial charge in [-0.3, -0.25) is 24.1 Å². The molecule has 1 aromatic heterocycles. The van der Waals surface area contributed by atoms with Gasteiger partial charge < -0.3 is 29.8 Å². The van der Waals surface area contributed by atoms with Crippen LogP contribution in [0.25, 0.3) is 11.1 Å². The fourth-order valence-electron chi connectivity index (χ4n) is 6.19. The molecule has 0 aliphatic carbocycles. The highest BCUT2D eigenvalue weighted by atomic mass is 16.5. The molecule has 0 unspecified atom stereocenters. The number of fused-ring (bicyclic) bond motifs is 2. The topological polar surface area (TPSA) is 186 Å². The van der Waals surface area contributed by atoms with E-state index in [1.807, 2.05) is 18.2 Å². The summed E-state index contributed by atoms with van der Waals surface area (Å²) in [7, 11) is 1.21. The van der Waals surface area contributed by atoms with Crippen LogP contribution in [0.1, 0.15) is 63.4 Å². The van der Waals surface area contributed by atoms with E-state index in [0.29, 0.717) is 46.5 Å². The second-order valence-corrected chi connectivity index (χ2v) is 12.3. The molecule has 0 fully saturated rings. The molecule has 0 spiro atoms. The van der Waals surface area contributed by atoms with E-state index in [-0.39, 0.29) is 50.6 Å². The number of methoxy groups -OCH3 is 1. The number of benzene rings is 3. The Morgan fingerprint density at radius 1 is 0.902 bits per heavy atom. The molecule has 2 aliphatic heterocycles. The van der Waals surface area contributed by atoms with Gasteiger partial charge in [0.2, 0.25) is 11.8 Å². The van der Waals surface area contributed by atoms with Gasteiger partial charge in [-0.15, -0.1) is 0 Å². The van der Waals surface area contributed by atoms with Gasteiger partial charge in [0.1, 0.15) is 30.2 Å². The summed E-state index contributed by atoms with van der Waals surface area (Å²) in [5.41, 5.74) is 2.98. The number of rotatable bonds is 9. The Labute approximate surface area is 292 Å². The lowest BCUT2D eigenvalue weighted by Gasteiger charge is -2.25. The summed E-state index contributed by atoms with van der Waals surface area (Å²) in [6.45, 7) is 0.0778. The van der Waals surface area contributed by atoms with E-state index in [1.165, 1.54) is 12.0 Å². The number of amides is 5. The van der Waals surface area contributed by atoms with Crippen LogP contribution in [0.5, 0.6) is 0 Å². The average molecular weight is 696 g/mol. The van der Waals surface area contributed by atoms with Gasteiger partial charge in [0.05, 0.1) is 18.2 Å². The van der Waals surface area contributed by atoms with Gasteiger partial charge in [-0.1, -0.05) is 54.6 Å². The minimum absolute atomic E-state index is 0.00551. The van der Waals surface area contributed by atoms with Crippen LogP contribution in [-0.2, 0) is 43.3 Å². The number of imide groups is 1. The highest BCUT2D eigenvalue weighted by Crippen LogP contribution is 2.24. The molecule has 0 saturated heterocycles. The first-order chi connectivity index (χ1) is 24.7. The number of nitrogens with one attached hydrogen (secondary N) is 3. The molecule has 264 valence electrons. The lowest BCUT2D eigenvalue weighted by Crippen LogP contribution is -2.56. The number of aryl methyl sites for hydroxylation is 1. The van der Waals surface area contributed by atoms with Gasteiger partial charge in [0.15, 0.2) is 11.5 Å². The van der Waals surface area contributed by atoms with Crippen molar-refractivity contribution in [2.75, 3.05) is 13.7 Å². The normalized spacial score (nSPS) is 19.2. The Morgan fingerprint density at radius 3 is 2.35 bits per heavy atom. The van der Waals surface area contributed by atoms with Crippen LogP contribution in [0.15, 0.2) is 77.2 Å². The number of ether oxygens (including phenoxy) is 2. The first kappa shape index (κ1) is 34.8. The predicted octanol–water partition coefficient (Wildman–Crippen LogP) is 3.22. The SMILES string of the molecule is COC(=O)[C@@H]1CCc2nc3c(cccc3o2)C[C@H](NC(=O)OCc2ccccc2)C(=O)N[C@@H](CCCCN2C(=O)c3ccccc3C2=O)C(=O)N1. The van der Waals surface area contributed by atoms with Crippen molar-refractivity contribution in [2.45, 2.75) is 63.3 Å². The van der Waals surface area contributed by atoms with Crippen LogP contribution in [0, 0.1) is 0 Å². The Bertz CT molecular complexity index is 1930. The average Bonchev–Trinajstić information content (AvgIpc) is 3.67. The highest BCUT2D eigenvalue weighted by Gasteiger charge is 2.35. The molecule has 14 heteroatoms. The van der Waals surface area contributed by atoms with E-state index in [4.69, 9.17) is 13.9 Å². The third kappa shape index (κ3) is 8.06. The Morgan fingerprint density at radius 2 is 1.63 bits per heavy atom. The van der Waals surface area contributed by atoms with E-state index in [1.54, 1.807) is 54.6 Å². The van der Waals surface area contributed by atoms with Crippen molar-refractivity contribution in [1.82, 2.24) is 25.8 Å². The van der Waals surface area contributed by atoms with Crippen molar-refractivity contribution in [3.05, 3.63) is 101 Å². The monoisotopic (exact) mass is 695 g/mol. The van der Waals surface area contributed by atoms with Crippen molar-refractivity contribution >= 4 is 46.8 Å². The number of carbonyl (C=O) groups excluding carboxylic acids is 6. The van der Waals surface area contributed by atoms with Crippen molar-refractivity contribution in [3.8, 4) is 0 Å². The van der Waals surface area contributed by atoms with Crippen LogP contribution in [-0.4, -0.2) is 77.4 Å². The number of oxazole rings is 1. The first-order valence-corrected chi connectivity index (χ1v) is 16.7. The molecule has 4 aromatic rings. The molecule has 3 atom stereocenters. The maximum atomic E-state index is 14.0. The molecule has 3 N–H and O–H groups in total. The molecule has 6 rings (SSSR count). The number of hydrogen-bond acceptors (Lipinski definition) is 10. The molecule has 0 radical (unpaired) electrons. The van der Waals surface area contributed by atoms with E-state index in [0.717, 1.165) is 5.56 Å². The van der Waals surface area contributed by atoms with Crippen LogP contribution in [0.3, 0.4) is 0 Å². The van der Waals surface area contributed by atoms with Crippen molar-refractivity contribution in [2.24, 2.45) is 0 Å². The van der Waals surface area contributed by atoms with Gasteiger partial charge in [-0.25, -0.2) is 14.6 Å². The summed E-state index contributed by atoms with van der Waals surface area (Å²) in [6.07, 6.45) is 0.206. The molecule has 51 heavy (non-hydrogen) atoms. The van der Waals surface area contributed by atoms with E-state index in [2.05, 4.69) is 20.9 Å². The third-order valence-electron chi connectivity index (χ3n) is 8.88. The number of aromatic nitrogens is 1. The number of alkyl carbamates (subject to hydrolysis) is 1. The zero-order valence-corrected chi connectivity index (χ0v) is 27.9. The maximum absolute atomic E-state index is 14.0. The summed E-state index contributed by atoms with van der Waals surface area (Å²) in [5.74, 6) is -2.48. The summed E-state index contributed by atoms with van der Waals surface area (Å²) < 4.78 is 16.3. The minimum Gasteiger partial charge on any atom is -0.467 e. The fourth-order valence-corrected chi connectivity index (χ4v) is 6.19.